The largest absolute Gasteiger partial charge is 0.307 e. The number of fused-ring (bicyclic) bond motifs is 2. The molecular formula is C12H13FN2O. The molecule has 3 nitrogen and oxygen atoms in total. The first-order valence-electron chi connectivity index (χ1n) is 5.46. The molecule has 0 radical (unpaired) electrons. The van der Waals surface area contributed by atoms with Crippen molar-refractivity contribution in [3.8, 4) is 0 Å². The number of nitrogens with zero attached hydrogens (tertiary/aromatic N) is 2. The van der Waals surface area contributed by atoms with Crippen molar-refractivity contribution in [2.24, 2.45) is 0 Å². The minimum atomic E-state index is -0.320. The molecular weight excluding hydrogens is 207 g/mol. The number of anilines is 1. The van der Waals surface area contributed by atoms with Gasteiger partial charge in [0.15, 0.2) is 0 Å². The zero-order valence-corrected chi connectivity index (χ0v) is 9.06. The van der Waals surface area contributed by atoms with E-state index < -0.39 is 0 Å². The summed E-state index contributed by atoms with van der Waals surface area (Å²) in [6.45, 7) is 0.604. The summed E-state index contributed by atoms with van der Waals surface area (Å²) in [7, 11) is 1.95. The van der Waals surface area contributed by atoms with E-state index in [2.05, 4.69) is 4.90 Å². The van der Waals surface area contributed by atoms with Crippen molar-refractivity contribution in [2.45, 2.75) is 18.5 Å². The number of piperazine rings is 1. The lowest BCUT2D eigenvalue weighted by Gasteiger charge is -2.53. The Hall–Kier alpha value is -1.42. The van der Waals surface area contributed by atoms with Crippen LogP contribution in [0.2, 0.25) is 0 Å². The summed E-state index contributed by atoms with van der Waals surface area (Å²) < 4.78 is 13.6. The highest BCUT2D eigenvalue weighted by Gasteiger charge is 2.48. The van der Waals surface area contributed by atoms with Crippen LogP contribution in [0, 0.1) is 5.82 Å². The van der Waals surface area contributed by atoms with Crippen molar-refractivity contribution in [3.63, 3.8) is 0 Å². The first-order chi connectivity index (χ1) is 7.68. The van der Waals surface area contributed by atoms with Crippen LogP contribution >= 0.6 is 0 Å². The minimum absolute atomic E-state index is 0.0232. The first-order valence-corrected chi connectivity index (χ1v) is 5.46. The van der Waals surface area contributed by atoms with E-state index in [1.165, 1.54) is 6.07 Å². The van der Waals surface area contributed by atoms with Crippen LogP contribution in [0.5, 0.6) is 0 Å². The van der Waals surface area contributed by atoms with Gasteiger partial charge in [-0.1, -0.05) is 12.1 Å². The molecule has 0 N–H and O–H groups in total. The second-order valence-electron chi connectivity index (χ2n) is 4.47. The number of piperidine rings is 1. The fourth-order valence-electron chi connectivity index (χ4n) is 2.55. The molecule has 3 heterocycles. The standard InChI is InChI=1S/C12H13FN2O/c1-14-8-6-11(14)12(16)15(7-8)10-5-3-2-4-9(10)13/h2-5,8,11H,6-7H2,1H3. The molecule has 3 aliphatic heterocycles. The number of benzene rings is 1. The van der Waals surface area contributed by atoms with Gasteiger partial charge in [0.2, 0.25) is 5.91 Å². The van der Waals surface area contributed by atoms with Crippen molar-refractivity contribution >= 4 is 11.6 Å². The van der Waals surface area contributed by atoms with Gasteiger partial charge in [0, 0.05) is 12.6 Å². The zero-order valence-electron chi connectivity index (χ0n) is 9.06. The number of para-hydroxylation sites is 1. The topological polar surface area (TPSA) is 23.6 Å². The normalized spacial score (nSPS) is 29.1. The number of rotatable bonds is 1. The lowest BCUT2D eigenvalue weighted by Crippen LogP contribution is -2.70. The highest BCUT2D eigenvalue weighted by molar-refractivity contribution is 5.99. The summed E-state index contributed by atoms with van der Waals surface area (Å²) in [5, 5.41) is 0. The van der Waals surface area contributed by atoms with Crippen LogP contribution in [0.1, 0.15) is 6.42 Å². The molecule has 1 aromatic carbocycles. The van der Waals surface area contributed by atoms with Gasteiger partial charge in [0.1, 0.15) is 5.82 Å². The molecule has 0 spiro atoms. The maximum absolute atomic E-state index is 13.6. The number of carbonyl (C=O) groups excluding carboxylic acids is 1. The van der Waals surface area contributed by atoms with E-state index in [1.54, 1.807) is 23.1 Å². The minimum Gasteiger partial charge on any atom is -0.307 e. The van der Waals surface area contributed by atoms with Crippen LogP contribution in [0.15, 0.2) is 24.3 Å². The van der Waals surface area contributed by atoms with Gasteiger partial charge in [-0.25, -0.2) is 4.39 Å². The van der Waals surface area contributed by atoms with E-state index in [9.17, 15) is 9.18 Å². The molecule has 4 heteroatoms. The third-order valence-corrected chi connectivity index (χ3v) is 3.65. The third-order valence-electron chi connectivity index (χ3n) is 3.65. The van der Waals surface area contributed by atoms with Crippen LogP contribution in [0.4, 0.5) is 10.1 Å². The molecule has 3 aliphatic rings. The summed E-state index contributed by atoms with van der Waals surface area (Å²) in [6.07, 6.45) is 0.917. The van der Waals surface area contributed by atoms with Crippen molar-refractivity contribution in [1.82, 2.24) is 4.90 Å². The summed E-state index contributed by atoms with van der Waals surface area (Å²) >= 11 is 0. The van der Waals surface area contributed by atoms with Crippen LogP contribution in [-0.2, 0) is 4.79 Å². The summed E-state index contributed by atoms with van der Waals surface area (Å²) in [6, 6.07) is 6.81. The molecule has 1 aromatic rings. The van der Waals surface area contributed by atoms with Crippen LogP contribution in [0.3, 0.4) is 0 Å². The second kappa shape index (κ2) is 3.28. The number of hydrogen-bond donors (Lipinski definition) is 0. The molecule has 0 saturated carbocycles. The van der Waals surface area contributed by atoms with E-state index in [-0.39, 0.29) is 17.8 Å². The van der Waals surface area contributed by atoms with Gasteiger partial charge in [-0.15, -0.1) is 0 Å². The monoisotopic (exact) mass is 220 g/mol. The number of carbonyl (C=O) groups is 1. The summed E-state index contributed by atoms with van der Waals surface area (Å²) in [5.74, 6) is -0.296. The molecule has 2 atom stereocenters. The number of likely N-dealkylation sites (N-methyl/N-ethyl adjacent to an activating group) is 1. The molecule has 3 saturated heterocycles. The molecule has 0 aromatic heterocycles. The Morgan fingerprint density at radius 3 is 2.75 bits per heavy atom. The maximum Gasteiger partial charge on any atom is 0.244 e. The average molecular weight is 220 g/mol. The smallest absolute Gasteiger partial charge is 0.244 e. The number of amides is 1. The van der Waals surface area contributed by atoms with E-state index >= 15 is 0 Å². The fraction of sp³-hybridized carbons (Fsp3) is 0.417. The van der Waals surface area contributed by atoms with Crippen molar-refractivity contribution in [1.29, 1.82) is 0 Å². The summed E-state index contributed by atoms with van der Waals surface area (Å²) in [4.78, 5) is 15.7. The Morgan fingerprint density at radius 1 is 1.38 bits per heavy atom. The number of hydrogen-bond acceptors (Lipinski definition) is 2. The quantitative estimate of drug-likeness (QED) is 0.711. The molecule has 1 amide bonds. The van der Waals surface area contributed by atoms with E-state index in [0.29, 0.717) is 18.3 Å². The Balaban J connectivity index is 1.93. The highest BCUT2D eigenvalue weighted by atomic mass is 19.1. The Labute approximate surface area is 93.5 Å². The van der Waals surface area contributed by atoms with Gasteiger partial charge in [-0.05, 0) is 25.6 Å². The molecule has 2 bridgehead atoms. The van der Waals surface area contributed by atoms with E-state index in [0.717, 1.165) is 6.42 Å². The van der Waals surface area contributed by atoms with Gasteiger partial charge in [0.05, 0.1) is 11.7 Å². The van der Waals surface area contributed by atoms with Gasteiger partial charge in [-0.3, -0.25) is 9.69 Å². The fourth-order valence-corrected chi connectivity index (χ4v) is 2.55. The molecule has 2 unspecified atom stereocenters. The van der Waals surface area contributed by atoms with E-state index in [1.807, 2.05) is 7.05 Å². The second-order valence-corrected chi connectivity index (χ2v) is 4.47. The Bertz CT molecular complexity index is 448. The average Bonchev–Trinajstić information content (AvgIpc) is 2.29. The maximum atomic E-state index is 13.6. The SMILES string of the molecule is CN1C2CC1C(=O)N(c1ccccc1F)C2. The Morgan fingerprint density at radius 2 is 2.12 bits per heavy atom. The van der Waals surface area contributed by atoms with Crippen LogP contribution < -0.4 is 4.90 Å². The molecule has 84 valence electrons. The van der Waals surface area contributed by atoms with Crippen LogP contribution in [0.25, 0.3) is 0 Å². The molecule has 4 rings (SSSR count). The molecule has 16 heavy (non-hydrogen) atoms. The highest BCUT2D eigenvalue weighted by Crippen LogP contribution is 2.34. The summed E-state index contributed by atoms with van der Waals surface area (Å²) in [5.41, 5.74) is 0.412. The van der Waals surface area contributed by atoms with E-state index in [4.69, 9.17) is 0 Å². The van der Waals surface area contributed by atoms with Gasteiger partial charge in [0.25, 0.3) is 0 Å². The predicted octanol–water partition coefficient (Wildman–Crippen LogP) is 1.24. The van der Waals surface area contributed by atoms with Gasteiger partial charge < -0.3 is 4.90 Å². The van der Waals surface area contributed by atoms with Crippen molar-refractivity contribution in [3.05, 3.63) is 30.1 Å². The Kier molecular flexibility index (Phi) is 2.01. The van der Waals surface area contributed by atoms with Crippen molar-refractivity contribution in [2.75, 3.05) is 18.5 Å². The van der Waals surface area contributed by atoms with Crippen molar-refractivity contribution < 1.29 is 9.18 Å². The molecule has 0 aliphatic carbocycles. The van der Waals surface area contributed by atoms with Crippen LogP contribution in [-0.4, -0.2) is 36.5 Å². The lowest BCUT2D eigenvalue weighted by molar-refractivity contribution is -0.135. The number of halogens is 1. The van der Waals surface area contributed by atoms with Gasteiger partial charge >= 0.3 is 0 Å². The van der Waals surface area contributed by atoms with Gasteiger partial charge in [-0.2, -0.15) is 0 Å². The zero-order chi connectivity index (χ0) is 11.3. The first kappa shape index (κ1) is 9.78. The third kappa shape index (κ3) is 1.19. The molecule has 3 fully saturated rings. The lowest BCUT2D eigenvalue weighted by atomic mass is 9.87. The predicted molar refractivity (Wildman–Crippen MR) is 58.7 cm³/mol.